The van der Waals surface area contributed by atoms with Gasteiger partial charge in [0.25, 0.3) is 0 Å². The van der Waals surface area contributed by atoms with E-state index in [1.165, 1.54) is 80.9 Å². The van der Waals surface area contributed by atoms with Crippen molar-refractivity contribution < 1.29 is 9.47 Å². The second-order valence-electron chi connectivity index (χ2n) is 11.3. The topological polar surface area (TPSA) is 18.5 Å². The molecule has 2 unspecified atom stereocenters. The van der Waals surface area contributed by atoms with Crippen LogP contribution in [0.15, 0.2) is 61.2 Å². The molecule has 2 saturated carbocycles. The van der Waals surface area contributed by atoms with Gasteiger partial charge in [0, 0.05) is 0 Å². The Kier molecular flexibility index (Phi) is 8.29. The Morgan fingerprint density at radius 3 is 1.74 bits per heavy atom. The summed E-state index contributed by atoms with van der Waals surface area (Å²) in [6, 6.07) is 17.9. The van der Waals surface area contributed by atoms with Crippen LogP contribution in [0.2, 0.25) is 0 Å². The molecule has 0 N–H and O–H groups in total. The van der Waals surface area contributed by atoms with Crippen LogP contribution < -0.4 is 4.74 Å². The van der Waals surface area contributed by atoms with Gasteiger partial charge < -0.3 is 9.47 Å². The lowest BCUT2D eigenvalue weighted by Crippen LogP contribution is -2.33. The molecule has 188 valence electrons. The fraction of sp³-hybridized carbons (Fsp3) is 0.576. The average molecular weight is 473 g/mol. The van der Waals surface area contributed by atoms with E-state index in [-0.39, 0.29) is 0 Å². The first kappa shape index (κ1) is 24.6. The largest absolute Gasteiger partial charge is 0.494 e. The maximum Gasteiger partial charge on any atom is 0.119 e. The highest BCUT2D eigenvalue weighted by Gasteiger charge is 2.34. The molecule has 0 amide bonds. The van der Waals surface area contributed by atoms with Gasteiger partial charge >= 0.3 is 0 Å². The van der Waals surface area contributed by atoms with Crippen LogP contribution in [0.3, 0.4) is 0 Å². The molecular weight excluding hydrogens is 428 g/mol. The molecule has 3 aliphatic rings. The van der Waals surface area contributed by atoms with Crippen LogP contribution >= 0.6 is 0 Å². The highest BCUT2D eigenvalue weighted by Crippen LogP contribution is 2.46. The van der Waals surface area contributed by atoms with E-state index < -0.39 is 0 Å². The van der Waals surface area contributed by atoms with Crippen LogP contribution in [-0.4, -0.2) is 19.3 Å². The molecule has 2 aromatic carbocycles. The minimum atomic E-state index is 0.307. The molecule has 0 bridgehead atoms. The summed E-state index contributed by atoms with van der Waals surface area (Å²) >= 11 is 0. The van der Waals surface area contributed by atoms with E-state index in [9.17, 15) is 0 Å². The second-order valence-corrected chi connectivity index (χ2v) is 11.3. The van der Waals surface area contributed by atoms with Crippen molar-refractivity contribution in [3.05, 3.63) is 66.7 Å². The number of benzene rings is 2. The summed E-state index contributed by atoms with van der Waals surface area (Å²) in [5, 5.41) is 0. The summed E-state index contributed by atoms with van der Waals surface area (Å²) in [5.41, 5.74) is 4.10. The summed E-state index contributed by atoms with van der Waals surface area (Å²) in [4.78, 5) is 0. The van der Waals surface area contributed by atoms with Crippen molar-refractivity contribution in [3.63, 3.8) is 0 Å². The zero-order valence-corrected chi connectivity index (χ0v) is 21.7. The number of ether oxygens (including phenoxy) is 2. The van der Waals surface area contributed by atoms with E-state index in [0.717, 1.165) is 41.9 Å². The van der Waals surface area contributed by atoms with Gasteiger partial charge in [-0.2, -0.15) is 0 Å². The molecule has 1 heterocycles. The monoisotopic (exact) mass is 472 g/mol. The lowest BCUT2D eigenvalue weighted by Gasteiger charge is -2.41. The zero-order valence-electron chi connectivity index (χ0n) is 21.7. The summed E-state index contributed by atoms with van der Waals surface area (Å²) in [6.07, 6.45) is 16.2. The minimum Gasteiger partial charge on any atom is -0.494 e. The first-order chi connectivity index (χ1) is 17.2. The van der Waals surface area contributed by atoms with Gasteiger partial charge in [0.1, 0.15) is 5.75 Å². The van der Waals surface area contributed by atoms with E-state index in [2.05, 4.69) is 55.1 Å². The highest BCUT2D eigenvalue weighted by atomic mass is 16.5. The van der Waals surface area contributed by atoms with Gasteiger partial charge in [-0.15, -0.1) is 6.58 Å². The molecule has 0 radical (unpaired) electrons. The summed E-state index contributed by atoms with van der Waals surface area (Å²) in [6.45, 7) is 7.61. The van der Waals surface area contributed by atoms with Gasteiger partial charge in [-0.05, 0) is 130 Å². The molecule has 0 spiro atoms. The molecule has 1 saturated heterocycles. The van der Waals surface area contributed by atoms with Crippen molar-refractivity contribution >= 4 is 0 Å². The van der Waals surface area contributed by atoms with E-state index in [1.807, 2.05) is 13.0 Å². The molecule has 3 fully saturated rings. The Balaban J connectivity index is 1.08. The molecular formula is C33H44O2. The normalized spacial score (nSPS) is 31.6. The number of rotatable bonds is 7. The van der Waals surface area contributed by atoms with Crippen molar-refractivity contribution in [1.82, 2.24) is 0 Å². The van der Waals surface area contributed by atoms with Crippen molar-refractivity contribution in [1.29, 1.82) is 0 Å². The van der Waals surface area contributed by atoms with E-state index in [1.54, 1.807) is 0 Å². The van der Waals surface area contributed by atoms with Gasteiger partial charge in [-0.25, -0.2) is 0 Å². The van der Waals surface area contributed by atoms with Crippen molar-refractivity contribution in [2.24, 2.45) is 23.7 Å². The van der Waals surface area contributed by atoms with Crippen LogP contribution in [0, 0.1) is 23.7 Å². The first-order valence-corrected chi connectivity index (χ1v) is 14.3. The lowest BCUT2D eigenvalue weighted by molar-refractivity contribution is -0.0189. The fourth-order valence-electron chi connectivity index (χ4n) is 7.22. The Morgan fingerprint density at radius 2 is 1.23 bits per heavy atom. The fourth-order valence-corrected chi connectivity index (χ4v) is 7.22. The molecule has 5 rings (SSSR count). The molecule has 0 aromatic heterocycles. The molecule has 2 heteroatoms. The Bertz CT molecular complexity index is 907. The minimum absolute atomic E-state index is 0.307. The van der Waals surface area contributed by atoms with E-state index >= 15 is 0 Å². The molecule has 2 aromatic rings. The third-order valence-electron chi connectivity index (χ3n) is 9.41. The average Bonchev–Trinajstić information content (AvgIpc) is 2.94. The number of hydrogen-bond acceptors (Lipinski definition) is 2. The Labute approximate surface area is 213 Å². The summed E-state index contributed by atoms with van der Waals surface area (Å²) in [5.74, 6) is 5.33. The standard InChI is InChI=1S/C33H44O2/c1-3-32-20-19-31(23-35-32)30-15-13-27(14-16-30)26-7-5-24(6-8-26)25-9-11-28(12-10-25)29-17-21-33(22-18-29)34-4-2/h3,9-12,17-18,21-22,24,26-27,30-32H,1,4-8,13-16,19-20,23H2,2H3. The molecule has 1 aliphatic heterocycles. The van der Waals surface area contributed by atoms with Gasteiger partial charge in [-0.3, -0.25) is 0 Å². The SMILES string of the molecule is C=CC1CCC(C2CCC(C3CCC(c4ccc(-c5ccc(OCC)cc5)cc4)CC3)CC2)CO1. The predicted octanol–water partition coefficient (Wildman–Crippen LogP) is 8.81. The van der Waals surface area contributed by atoms with Crippen LogP contribution in [-0.2, 0) is 4.74 Å². The van der Waals surface area contributed by atoms with Gasteiger partial charge in [0.05, 0.1) is 19.3 Å². The Morgan fingerprint density at radius 1 is 0.714 bits per heavy atom. The second kappa shape index (κ2) is 11.8. The van der Waals surface area contributed by atoms with Crippen LogP contribution in [0.1, 0.15) is 82.6 Å². The first-order valence-electron chi connectivity index (χ1n) is 14.3. The quantitative estimate of drug-likeness (QED) is 0.375. The molecule has 35 heavy (non-hydrogen) atoms. The smallest absolute Gasteiger partial charge is 0.119 e. The van der Waals surface area contributed by atoms with Crippen LogP contribution in [0.5, 0.6) is 5.75 Å². The molecule has 2 nitrogen and oxygen atoms in total. The lowest BCUT2D eigenvalue weighted by atomic mass is 9.66. The van der Waals surface area contributed by atoms with E-state index in [0.29, 0.717) is 12.7 Å². The number of hydrogen-bond donors (Lipinski definition) is 0. The molecule has 2 atom stereocenters. The maximum atomic E-state index is 6.01. The third kappa shape index (κ3) is 6.02. The zero-order chi connectivity index (χ0) is 24.0. The third-order valence-corrected chi connectivity index (χ3v) is 9.41. The van der Waals surface area contributed by atoms with Gasteiger partial charge in [-0.1, -0.05) is 42.5 Å². The Hall–Kier alpha value is -2.06. The van der Waals surface area contributed by atoms with E-state index in [4.69, 9.17) is 9.47 Å². The van der Waals surface area contributed by atoms with Crippen molar-refractivity contribution in [3.8, 4) is 16.9 Å². The van der Waals surface area contributed by atoms with Crippen molar-refractivity contribution in [2.75, 3.05) is 13.2 Å². The molecule has 2 aliphatic carbocycles. The van der Waals surface area contributed by atoms with Crippen LogP contribution in [0.4, 0.5) is 0 Å². The van der Waals surface area contributed by atoms with Crippen molar-refractivity contribution in [2.45, 2.75) is 83.2 Å². The van der Waals surface area contributed by atoms with Gasteiger partial charge in [0.2, 0.25) is 0 Å². The van der Waals surface area contributed by atoms with Crippen LogP contribution in [0.25, 0.3) is 11.1 Å². The summed E-state index contributed by atoms with van der Waals surface area (Å²) in [7, 11) is 0. The predicted molar refractivity (Wildman–Crippen MR) is 146 cm³/mol. The highest BCUT2D eigenvalue weighted by molar-refractivity contribution is 5.64. The summed E-state index contributed by atoms with van der Waals surface area (Å²) < 4.78 is 11.6. The van der Waals surface area contributed by atoms with Gasteiger partial charge in [0.15, 0.2) is 0 Å². The maximum absolute atomic E-state index is 6.01.